The number of nitrogens with zero attached hydrogens (tertiary/aromatic N) is 2. The van der Waals surface area contributed by atoms with Gasteiger partial charge in [0.15, 0.2) is 0 Å². The first kappa shape index (κ1) is 14.9. The smallest absolute Gasteiger partial charge is 0.0847 e. The second kappa shape index (κ2) is 6.76. The summed E-state index contributed by atoms with van der Waals surface area (Å²) in [6.07, 6.45) is 7.69. The molecule has 0 spiro atoms. The molecule has 0 aliphatic heterocycles. The summed E-state index contributed by atoms with van der Waals surface area (Å²) in [6, 6.07) is 0.686. The summed E-state index contributed by atoms with van der Waals surface area (Å²) < 4.78 is 1.96. The maximum absolute atomic E-state index is 6.37. The minimum atomic E-state index is 0.686. The van der Waals surface area contributed by atoms with Crippen molar-refractivity contribution in [1.82, 2.24) is 15.1 Å². The summed E-state index contributed by atoms with van der Waals surface area (Å²) in [5.74, 6) is 0.735. The molecule has 0 bridgehead atoms. The van der Waals surface area contributed by atoms with Gasteiger partial charge in [-0.2, -0.15) is 5.10 Å². The molecule has 1 aromatic heterocycles. The predicted octanol–water partition coefficient (Wildman–Crippen LogP) is 3.48. The molecule has 1 heterocycles. The maximum Gasteiger partial charge on any atom is 0.0847 e. The highest BCUT2D eigenvalue weighted by Gasteiger charge is 2.22. The second-order valence-electron chi connectivity index (χ2n) is 5.81. The van der Waals surface area contributed by atoms with Gasteiger partial charge in [0, 0.05) is 13.1 Å². The van der Waals surface area contributed by atoms with Gasteiger partial charge in [0.1, 0.15) is 0 Å². The molecule has 4 heteroatoms. The van der Waals surface area contributed by atoms with Gasteiger partial charge in [-0.25, -0.2) is 0 Å². The molecular weight excluding hydrogens is 258 g/mol. The van der Waals surface area contributed by atoms with Crippen molar-refractivity contribution in [2.24, 2.45) is 13.0 Å². The molecule has 0 aromatic carbocycles. The van der Waals surface area contributed by atoms with Gasteiger partial charge in [-0.1, -0.05) is 37.8 Å². The number of hydrogen-bond acceptors (Lipinski definition) is 2. The van der Waals surface area contributed by atoms with Gasteiger partial charge < -0.3 is 5.32 Å². The van der Waals surface area contributed by atoms with Gasteiger partial charge in [-0.3, -0.25) is 4.68 Å². The Labute approximate surface area is 121 Å². The molecule has 2 atom stereocenters. The van der Waals surface area contributed by atoms with E-state index in [-0.39, 0.29) is 0 Å². The Kier molecular flexibility index (Phi) is 5.28. The average molecular weight is 284 g/mol. The van der Waals surface area contributed by atoms with Crippen LogP contribution in [0.2, 0.25) is 5.02 Å². The van der Waals surface area contributed by atoms with Crippen molar-refractivity contribution >= 4 is 11.6 Å². The van der Waals surface area contributed by atoms with Crippen LogP contribution in [0, 0.1) is 12.8 Å². The molecule has 2 unspecified atom stereocenters. The minimum Gasteiger partial charge on any atom is -0.314 e. The lowest BCUT2D eigenvalue weighted by molar-refractivity contribution is 0.383. The van der Waals surface area contributed by atoms with Crippen LogP contribution in [-0.4, -0.2) is 22.4 Å². The van der Waals surface area contributed by atoms with E-state index >= 15 is 0 Å². The van der Waals surface area contributed by atoms with Crippen LogP contribution in [0.4, 0.5) is 0 Å². The van der Waals surface area contributed by atoms with E-state index in [0.717, 1.165) is 29.6 Å². The molecule has 1 saturated carbocycles. The van der Waals surface area contributed by atoms with Crippen molar-refractivity contribution < 1.29 is 0 Å². The lowest BCUT2D eigenvalue weighted by atomic mass is 9.93. The second-order valence-corrected chi connectivity index (χ2v) is 6.19. The van der Waals surface area contributed by atoms with E-state index in [2.05, 4.69) is 17.3 Å². The van der Waals surface area contributed by atoms with Crippen LogP contribution in [0.15, 0.2) is 0 Å². The normalized spacial score (nSPS) is 24.4. The summed E-state index contributed by atoms with van der Waals surface area (Å²) in [4.78, 5) is 0. The summed E-state index contributed by atoms with van der Waals surface area (Å²) in [7, 11) is 2.01. The highest BCUT2D eigenvalue weighted by molar-refractivity contribution is 6.31. The molecule has 1 fully saturated rings. The molecule has 0 radical (unpaired) electrons. The van der Waals surface area contributed by atoms with Gasteiger partial charge in [0.2, 0.25) is 0 Å². The highest BCUT2D eigenvalue weighted by Crippen LogP contribution is 2.29. The van der Waals surface area contributed by atoms with Crippen LogP contribution in [0.1, 0.15) is 50.4 Å². The lowest BCUT2D eigenvalue weighted by Crippen LogP contribution is -2.30. The van der Waals surface area contributed by atoms with Crippen LogP contribution in [-0.2, 0) is 13.5 Å². The summed E-state index contributed by atoms with van der Waals surface area (Å²) in [6.45, 7) is 5.25. The third kappa shape index (κ3) is 3.73. The standard InChI is InChI=1S/C15H26ClN3/c1-4-17-13-8-6-5-7-12(9-13)10-14-15(16)11(2)18-19(14)3/h12-13,17H,4-10H2,1-3H3. The molecule has 1 aromatic rings. The van der Waals surface area contributed by atoms with Crippen molar-refractivity contribution in [3.8, 4) is 0 Å². The first-order valence-electron chi connectivity index (χ1n) is 7.53. The minimum absolute atomic E-state index is 0.686. The molecular formula is C15H26ClN3. The summed E-state index contributed by atoms with van der Waals surface area (Å²) in [5, 5.41) is 8.91. The highest BCUT2D eigenvalue weighted by atomic mass is 35.5. The van der Waals surface area contributed by atoms with E-state index in [1.165, 1.54) is 37.8 Å². The first-order valence-corrected chi connectivity index (χ1v) is 7.91. The van der Waals surface area contributed by atoms with E-state index < -0.39 is 0 Å². The Morgan fingerprint density at radius 3 is 2.74 bits per heavy atom. The Bertz CT molecular complexity index is 414. The van der Waals surface area contributed by atoms with Crippen LogP contribution >= 0.6 is 11.6 Å². The Morgan fingerprint density at radius 1 is 1.37 bits per heavy atom. The topological polar surface area (TPSA) is 29.9 Å². The molecule has 1 aliphatic carbocycles. The molecule has 0 saturated heterocycles. The zero-order valence-corrected chi connectivity index (χ0v) is 13.1. The predicted molar refractivity (Wildman–Crippen MR) is 80.7 cm³/mol. The number of rotatable bonds is 4. The van der Waals surface area contributed by atoms with Crippen LogP contribution in [0.25, 0.3) is 0 Å². The van der Waals surface area contributed by atoms with E-state index in [4.69, 9.17) is 11.6 Å². The zero-order valence-electron chi connectivity index (χ0n) is 12.4. The monoisotopic (exact) mass is 283 g/mol. The van der Waals surface area contributed by atoms with E-state index in [1.54, 1.807) is 0 Å². The van der Waals surface area contributed by atoms with Crippen molar-refractivity contribution in [3.05, 3.63) is 16.4 Å². The number of aromatic nitrogens is 2. The van der Waals surface area contributed by atoms with Gasteiger partial charge in [-0.15, -0.1) is 0 Å². The van der Waals surface area contributed by atoms with E-state index in [0.29, 0.717) is 6.04 Å². The SMILES string of the molecule is CCNC1CCCCC(Cc2c(Cl)c(C)nn2C)C1. The fraction of sp³-hybridized carbons (Fsp3) is 0.800. The Hall–Kier alpha value is -0.540. The summed E-state index contributed by atoms with van der Waals surface area (Å²) >= 11 is 6.37. The number of halogens is 1. The average Bonchev–Trinajstić information content (AvgIpc) is 2.58. The Balaban J connectivity index is 2.04. The zero-order chi connectivity index (χ0) is 13.8. The van der Waals surface area contributed by atoms with E-state index in [1.807, 2.05) is 18.7 Å². The van der Waals surface area contributed by atoms with Gasteiger partial charge in [0.05, 0.1) is 16.4 Å². The number of aryl methyl sites for hydroxylation is 2. The third-order valence-electron chi connectivity index (χ3n) is 4.27. The molecule has 1 N–H and O–H groups in total. The maximum atomic E-state index is 6.37. The third-order valence-corrected chi connectivity index (χ3v) is 4.76. The Morgan fingerprint density at radius 2 is 2.11 bits per heavy atom. The van der Waals surface area contributed by atoms with Crippen molar-refractivity contribution in [2.75, 3.05) is 6.54 Å². The quantitative estimate of drug-likeness (QED) is 0.858. The fourth-order valence-electron chi connectivity index (χ4n) is 3.30. The molecule has 1 aliphatic rings. The van der Waals surface area contributed by atoms with Crippen LogP contribution in [0.3, 0.4) is 0 Å². The molecule has 0 amide bonds. The molecule has 2 rings (SSSR count). The summed E-state index contributed by atoms with van der Waals surface area (Å²) in [5.41, 5.74) is 2.16. The molecule has 108 valence electrons. The van der Waals surface area contributed by atoms with Crippen molar-refractivity contribution in [1.29, 1.82) is 0 Å². The molecule has 19 heavy (non-hydrogen) atoms. The lowest BCUT2D eigenvalue weighted by Gasteiger charge is -2.20. The van der Waals surface area contributed by atoms with Gasteiger partial charge in [0.25, 0.3) is 0 Å². The van der Waals surface area contributed by atoms with E-state index in [9.17, 15) is 0 Å². The fourth-order valence-corrected chi connectivity index (χ4v) is 3.53. The van der Waals surface area contributed by atoms with Crippen molar-refractivity contribution in [2.45, 2.75) is 58.4 Å². The van der Waals surface area contributed by atoms with Gasteiger partial charge in [-0.05, 0) is 38.6 Å². The first-order chi connectivity index (χ1) is 9.11. The van der Waals surface area contributed by atoms with Gasteiger partial charge >= 0.3 is 0 Å². The number of hydrogen-bond donors (Lipinski definition) is 1. The van der Waals surface area contributed by atoms with Crippen LogP contribution in [0.5, 0.6) is 0 Å². The number of nitrogens with one attached hydrogen (secondary N) is 1. The largest absolute Gasteiger partial charge is 0.314 e. The van der Waals surface area contributed by atoms with Crippen LogP contribution < -0.4 is 5.32 Å². The van der Waals surface area contributed by atoms with Crippen molar-refractivity contribution in [3.63, 3.8) is 0 Å². The molecule has 3 nitrogen and oxygen atoms in total.